The number of rotatable bonds is 12. The molecular weight excluding hydrogens is 442 g/mol. The van der Waals surface area contributed by atoms with Crippen LogP contribution in [0.3, 0.4) is 0 Å². The van der Waals surface area contributed by atoms with Gasteiger partial charge in [0, 0.05) is 13.1 Å². The molecule has 9 heteroatoms. The number of benzene rings is 2. The van der Waals surface area contributed by atoms with Crippen LogP contribution in [0.5, 0.6) is 5.75 Å². The van der Waals surface area contributed by atoms with E-state index in [9.17, 15) is 18.0 Å². The molecule has 1 atom stereocenters. The minimum absolute atomic E-state index is 0.182. The van der Waals surface area contributed by atoms with Gasteiger partial charge in [0.25, 0.3) is 0 Å². The molecule has 0 saturated heterocycles. The Morgan fingerprint density at radius 3 is 2.24 bits per heavy atom. The highest BCUT2D eigenvalue weighted by Gasteiger charge is 2.32. The largest absolute Gasteiger partial charge is 0.495 e. The monoisotopic (exact) mass is 475 g/mol. The van der Waals surface area contributed by atoms with Crippen LogP contribution >= 0.6 is 0 Å². The van der Waals surface area contributed by atoms with E-state index in [-0.39, 0.29) is 18.1 Å². The molecule has 0 radical (unpaired) electrons. The molecule has 1 N–H and O–H groups in total. The molecule has 2 aromatic carbocycles. The normalized spacial score (nSPS) is 12.0. The number of nitrogens with one attached hydrogen (secondary N) is 1. The van der Waals surface area contributed by atoms with Crippen LogP contribution in [0.4, 0.5) is 5.69 Å². The van der Waals surface area contributed by atoms with Gasteiger partial charge in [-0.05, 0) is 30.5 Å². The Kier molecular flexibility index (Phi) is 9.72. The number of amides is 2. The van der Waals surface area contributed by atoms with E-state index in [1.165, 1.54) is 12.0 Å². The minimum Gasteiger partial charge on any atom is -0.495 e. The summed E-state index contributed by atoms with van der Waals surface area (Å²) in [6.07, 6.45) is 2.20. The lowest BCUT2D eigenvalue weighted by Gasteiger charge is -2.33. The second-order valence-electron chi connectivity index (χ2n) is 7.66. The third kappa shape index (κ3) is 7.21. The predicted molar refractivity (Wildman–Crippen MR) is 130 cm³/mol. The summed E-state index contributed by atoms with van der Waals surface area (Å²) in [5, 5.41) is 2.85. The molecule has 0 aliphatic carbocycles. The van der Waals surface area contributed by atoms with Crippen molar-refractivity contribution in [2.24, 2.45) is 0 Å². The Hall–Kier alpha value is -3.07. The summed E-state index contributed by atoms with van der Waals surface area (Å²) in [7, 11) is -2.38. The van der Waals surface area contributed by atoms with Crippen molar-refractivity contribution in [3.63, 3.8) is 0 Å². The van der Waals surface area contributed by atoms with Gasteiger partial charge in [0.05, 0.1) is 19.1 Å². The molecule has 2 aromatic rings. The molecule has 2 amide bonds. The third-order valence-corrected chi connectivity index (χ3v) is 6.29. The fraction of sp³-hybridized carbons (Fsp3) is 0.417. The summed E-state index contributed by atoms with van der Waals surface area (Å²) in [4.78, 5) is 27.9. The molecule has 0 aliphatic heterocycles. The third-order valence-electron chi connectivity index (χ3n) is 5.16. The quantitative estimate of drug-likeness (QED) is 0.509. The molecule has 0 spiro atoms. The van der Waals surface area contributed by atoms with Crippen molar-refractivity contribution >= 4 is 27.5 Å². The van der Waals surface area contributed by atoms with E-state index in [1.54, 1.807) is 24.3 Å². The zero-order chi connectivity index (χ0) is 24.4. The summed E-state index contributed by atoms with van der Waals surface area (Å²) in [5.41, 5.74) is 1.11. The van der Waals surface area contributed by atoms with Gasteiger partial charge in [-0.25, -0.2) is 8.42 Å². The van der Waals surface area contributed by atoms with E-state index in [0.29, 0.717) is 18.7 Å². The molecule has 0 saturated carbocycles. The Morgan fingerprint density at radius 2 is 1.67 bits per heavy atom. The molecule has 2 rings (SSSR count). The first-order valence-electron chi connectivity index (χ1n) is 10.9. The van der Waals surface area contributed by atoms with Crippen LogP contribution in [0, 0.1) is 0 Å². The number of ether oxygens (including phenoxy) is 1. The van der Waals surface area contributed by atoms with Gasteiger partial charge in [-0.15, -0.1) is 0 Å². The van der Waals surface area contributed by atoms with Gasteiger partial charge in [-0.3, -0.25) is 13.9 Å². The maximum Gasteiger partial charge on any atom is 0.244 e. The number of nitrogens with zero attached hydrogens (tertiary/aromatic N) is 2. The van der Waals surface area contributed by atoms with Gasteiger partial charge in [0.1, 0.15) is 18.3 Å². The fourth-order valence-electron chi connectivity index (χ4n) is 3.50. The highest BCUT2D eigenvalue weighted by Crippen LogP contribution is 2.29. The molecule has 8 nitrogen and oxygen atoms in total. The average molecular weight is 476 g/mol. The van der Waals surface area contributed by atoms with E-state index < -0.39 is 28.5 Å². The van der Waals surface area contributed by atoms with Crippen molar-refractivity contribution in [2.45, 2.75) is 39.3 Å². The van der Waals surface area contributed by atoms with Crippen molar-refractivity contribution in [2.75, 3.05) is 30.8 Å². The predicted octanol–water partition coefficient (Wildman–Crippen LogP) is 2.79. The summed E-state index contributed by atoms with van der Waals surface area (Å²) >= 11 is 0. The fourth-order valence-corrected chi connectivity index (χ4v) is 4.35. The Morgan fingerprint density at radius 1 is 1.03 bits per heavy atom. The van der Waals surface area contributed by atoms with Crippen LogP contribution < -0.4 is 14.4 Å². The lowest BCUT2D eigenvalue weighted by atomic mass is 10.1. The van der Waals surface area contributed by atoms with Crippen molar-refractivity contribution in [1.29, 1.82) is 0 Å². The van der Waals surface area contributed by atoms with Crippen LogP contribution in [-0.2, 0) is 26.2 Å². The van der Waals surface area contributed by atoms with E-state index in [2.05, 4.69) is 5.32 Å². The van der Waals surface area contributed by atoms with Gasteiger partial charge in [0.2, 0.25) is 21.8 Å². The highest BCUT2D eigenvalue weighted by molar-refractivity contribution is 7.92. The molecule has 0 bridgehead atoms. The standard InChI is InChI=1S/C24H33N3O5S/c1-5-16-25-24(29)20(6-2)26(17-19-12-8-7-9-13-19)23(28)18-27(33(4,30)31)21-14-10-11-15-22(21)32-3/h7-15,20H,5-6,16-18H2,1-4H3,(H,25,29)/t20-/m0/s1. The molecular formula is C24H33N3O5S. The highest BCUT2D eigenvalue weighted by atomic mass is 32.2. The van der Waals surface area contributed by atoms with E-state index in [0.717, 1.165) is 22.5 Å². The summed E-state index contributed by atoms with van der Waals surface area (Å²) in [5.74, 6) is -0.404. The SMILES string of the molecule is CCCNC(=O)[C@H](CC)N(Cc1ccccc1)C(=O)CN(c1ccccc1OC)S(C)(=O)=O. The maximum atomic E-state index is 13.6. The van der Waals surface area contributed by atoms with Crippen LogP contribution in [0.25, 0.3) is 0 Å². The van der Waals surface area contributed by atoms with Crippen molar-refractivity contribution in [3.05, 3.63) is 60.2 Å². The summed E-state index contributed by atoms with van der Waals surface area (Å²) in [6.45, 7) is 4.01. The number of carbonyl (C=O) groups excluding carboxylic acids is 2. The second-order valence-corrected chi connectivity index (χ2v) is 9.57. The smallest absolute Gasteiger partial charge is 0.244 e. The van der Waals surface area contributed by atoms with Crippen LogP contribution in [0.15, 0.2) is 54.6 Å². The number of sulfonamides is 1. The first-order valence-corrected chi connectivity index (χ1v) is 12.8. The molecule has 33 heavy (non-hydrogen) atoms. The lowest BCUT2D eigenvalue weighted by molar-refractivity contribution is -0.140. The van der Waals surface area contributed by atoms with Crippen LogP contribution in [0.1, 0.15) is 32.3 Å². The molecule has 0 fully saturated rings. The van der Waals surface area contributed by atoms with Crippen molar-refractivity contribution in [3.8, 4) is 5.75 Å². The molecule has 180 valence electrons. The second kappa shape index (κ2) is 12.2. The van der Waals surface area contributed by atoms with E-state index in [4.69, 9.17) is 4.74 Å². The van der Waals surface area contributed by atoms with E-state index >= 15 is 0 Å². The summed E-state index contributed by atoms with van der Waals surface area (Å²) < 4.78 is 31.6. The topological polar surface area (TPSA) is 96.0 Å². The summed E-state index contributed by atoms with van der Waals surface area (Å²) in [6, 6.07) is 15.2. The van der Waals surface area contributed by atoms with E-state index in [1.807, 2.05) is 44.2 Å². The molecule has 0 aromatic heterocycles. The number of methoxy groups -OCH3 is 1. The first-order chi connectivity index (χ1) is 15.7. The van der Waals surface area contributed by atoms with Gasteiger partial charge in [-0.1, -0.05) is 56.3 Å². The van der Waals surface area contributed by atoms with Gasteiger partial charge < -0.3 is 15.0 Å². The minimum atomic E-state index is -3.81. The Labute approximate surface area is 196 Å². The number of hydrogen-bond acceptors (Lipinski definition) is 5. The maximum absolute atomic E-state index is 13.6. The average Bonchev–Trinajstić information content (AvgIpc) is 2.80. The number of para-hydroxylation sites is 2. The molecule has 0 aliphatic rings. The zero-order valence-electron chi connectivity index (χ0n) is 19.7. The number of anilines is 1. The first kappa shape index (κ1) is 26.2. The molecule has 0 heterocycles. The van der Waals surface area contributed by atoms with Crippen molar-refractivity contribution in [1.82, 2.24) is 10.2 Å². The van der Waals surface area contributed by atoms with Gasteiger partial charge in [0.15, 0.2) is 0 Å². The Bertz CT molecular complexity index is 1030. The van der Waals surface area contributed by atoms with Gasteiger partial charge in [-0.2, -0.15) is 0 Å². The van der Waals surface area contributed by atoms with Crippen molar-refractivity contribution < 1.29 is 22.7 Å². The number of carbonyl (C=O) groups is 2. The van der Waals surface area contributed by atoms with Crippen LogP contribution in [0.2, 0.25) is 0 Å². The van der Waals surface area contributed by atoms with Crippen LogP contribution in [-0.4, -0.2) is 57.6 Å². The van der Waals surface area contributed by atoms with Gasteiger partial charge >= 0.3 is 0 Å². The lowest BCUT2D eigenvalue weighted by Crippen LogP contribution is -2.52. The molecule has 0 unspecified atom stereocenters. The zero-order valence-corrected chi connectivity index (χ0v) is 20.5. The number of hydrogen-bond donors (Lipinski definition) is 1. The Balaban J connectivity index is 2.43.